The van der Waals surface area contributed by atoms with Crippen LogP contribution in [0.15, 0.2) is 18.2 Å². The molecule has 15 heavy (non-hydrogen) atoms. The number of anilines is 1. The van der Waals surface area contributed by atoms with Gasteiger partial charge in [-0.3, -0.25) is 0 Å². The predicted octanol–water partition coefficient (Wildman–Crippen LogP) is 2.70. The van der Waals surface area contributed by atoms with E-state index in [0.717, 1.165) is 0 Å². The number of hydrogen-bond acceptors (Lipinski definition) is 3. The van der Waals surface area contributed by atoms with Crippen LogP contribution in [-0.4, -0.2) is 21.2 Å². The molecule has 0 aliphatic rings. The zero-order valence-corrected chi connectivity index (χ0v) is 10.3. The molecule has 0 amide bonds. The van der Waals surface area contributed by atoms with E-state index >= 15 is 0 Å². The Morgan fingerprint density at radius 2 is 1.87 bits per heavy atom. The molecule has 84 valence electrons. The van der Waals surface area contributed by atoms with Crippen LogP contribution in [0.2, 0.25) is 5.15 Å². The van der Waals surface area contributed by atoms with Crippen molar-refractivity contribution in [2.45, 2.75) is 38.8 Å². The van der Waals surface area contributed by atoms with Gasteiger partial charge in [-0.05, 0) is 39.8 Å². The summed E-state index contributed by atoms with van der Waals surface area (Å²) in [6.45, 7) is 7.33. The maximum atomic E-state index is 9.95. The van der Waals surface area contributed by atoms with E-state index in [1.165, 1.54) is 0 Å². The van der Waals surface area contributed by atoms with Crippen molar-refractivity contribution in [1.82, 2.24) is 4.98 Å². The first-order valence-corrected chi connectivity index (χ1v) is 5.23. The lowest BCUT2D eigenvalue weighted by molar-refractivity contribution is 0.0239. The quantitative estimate of drug-likeness (QED) is 0.782. The van der Waals surface area contributed by atoms with Crippen molar-refractivity contribution in [3.63, 3.8) is 0 Å². The van der Waals surface area contributed by atoms with Crippen molar-refractivity contribution in [3.05, 3.63) is 23.4 Å². The van der Waals surface area contributed by atoms with Crippen molar-refractivity contribution in [3.8, 4) is 0 Å². The van der Waals surface area contributed by atoms with Crippen LogP contribution in [0.5, 0.6) is 0 Å². The Hall–Kier alpha value is -0.800. The number of rotatable bonds is 3. The van der Waals surface area contributed by atoms with Gasteiger partial charge in [0.05, 0.1) is 11.1 Å². The fraction of sp³-hybridized carbons (Fsp3) is 0.545. The van der Waals surface area contributed by atoms with E-state index in [0.29, 0.717) is 11.0 Å². The molecule has 2 N–H and O–H groups in total. The molecule has 1 aromatic heterocycles. The molecule has 1 aromatic rings. The minimum absolute atomic E-state index is 0.437. The Balaban J connectivity index is 2.87. The summed E-state index contributed by atoms with van der Waals surface area (Å²) >= 11 is 5.77. The van der Waals surface area contributed by atoms with Gasteiger partial charge in [-0.1, -0.05) is 17.7 Å². The fourth-order valence-corrected chi connectivity index (χ4v) is 1.11. The standard InChI is InChI=1S/C11H17ClN2O/c1-10(2,11(3,4)15)14-9-7-5-6-8(12)13-9/h5-7,15H,1-4H3,(H,13,14). The number of hydrogen-bond donors (Lipinski definition) is 2. The van der Waals surface area contributed by atoms with E-state index in [1.807, 2.05) is 26.0 Å². The molecular formula is C11H17ClN2O. The molecule has 0 saturated carbocycles. The number of nitrogens with one attached hydrogen (secondary N) is 1. The van der Waals surface area contributed by atoms with Crippen LogP contribution in [0, 0.1) is 0 Å². The zero-order valence-electron chi connectivity index (χ0n) is 9.50. The largest absolute Gasteiger partial charge is 0.388 e. The van der Waals surface area contributed by atoms with Crippen LogP contribution in [-0.2, 0) is 0 Å². The average Bonchev–Trinajstić information content (AvgIpc) is 2.00. The smallest absolute Gasteiger partial charge is 0.131 e. The topological polar surface area (TPSA) is 45.1 Å². The molecule has 0 fully saturated rings. The first kappa shape index (κ1) is 12.3. The summed E-state index contributed by atoms with van der Waals surface area (Å²) in [4.78, 5) is 4.12. The van der Waals surface area contributed by atoms with Crippen molar-refractivity contribution < 1.29 is 5.11 Å². The molecule has 3 nitrogen and oxygen atoms in total. The average molecular weight is 229 g/mol. The first-order valence-electron chi connectivity index (χ1n) is 4.85. The minimum Gasteiger partial charge on any atom is -0.388 e. The van der Waals surface area contributed by atoms with Crippen LogP contribution in [0.1, 0.15) is 27.7 Å². The number of aromatic nitrogens is 1. The van der Waals surface area contributed by atoms with Gasteiger partial charge in [-0.15, -0.1) is 0 Å². The van der Waals surface area contributed by atoms with Crippen molar-refractivity contribution in [1.29, 1.82) is 0 Å². The molecule has 4 heteroatoms. The van der Waals surface area contributed by atoms with E-state index in [9.17, 15) is 5.11 Å². The highest BCUT2D eigenvalue weighted by Gasteiger charge is 2.35. The molecule has 0 aliphatic heterocycles. The second-order valence-corrected chi connectivity index (χ2v) is 5.04. The summed E-state index contributed by atoms with van der Waals surface area (Å²) in [5, 5.41) is 13.5. The highest BCUT2D eigenvalue weighted by molar-refractivity contribution is 6.29. The second kappa shape index (κ2) is 3.99. The predicted molar refractivity (Wildman–Crippen MR) is 63.2 cm³/mol. The van der Waals surface area contributed by atoms with Gasteiger partial charge in [-0.25, -0.2) is 4.98 Å². The molecule has 0 spiro atoms. The van der Waals surface area contributed by atoms with Gasteiger partial charge in [0.2, 0.25) is 0 Å². The van der Waals surface area contributed by atoms with Crippen molar-refractivity contribution in [2.24, 2.45) is 0 Å². The second-order valence-electron chi connectivity index (χ2n) is 4.65. The Kier molecular flexibility index (Phi) is 3.26. The summed E-state index contributed by atoms with van der Waals surface area (Å²) in [5.41, 5.74) is -1.33. The highest BCUT2D eigenvalue weighted by atomic mass is 35.5. The Bertz CT molecular complexity index is 345. The van der Waals surface area contributed by atoms with E-state index in [4.69, 9.17) is 11.6 Å². The summed E-state index contributed by atoms with van der Waals surface area (Å²) in [6, 6.07) is 5.35. The molecule has 0 aromatic carbocycles. The normalized spacial score (nSPS) is 12.7. The van der Waals surface area contributed by atoms with Crippen LogP contribution >= 0.6 is 11.6 Å². The highest BCUT2D eigenvalue weighted by Crippen LogP contribution is 2.25. The Morgan fingerprint density at radius 3 is 2.33 bits per heavy atom. The van der Waals surface area contributed by atoms with Crippen LogP contribution < -0.4 is 5.32 Å². The van der Waals surface area contributed by atoms with E-state index in [-0.39, 0.29) is 0 Å². The van der Waals surface area contributed by atoms with Gasteiger partial charge < -0.3 is 10.4 Å². The number of aliphatic hydroxyl groups is 1. The van der Waals surface area contributed by atoms with E-state index in [2.05, 4.69) is 10.3 Å². The minimum atomic E-state index is -0.850. The fourth-order valence-electron chi connectivity index (χ4n) is 0.951. The van der Waals surface area contributed by atoms with Gasteiger partial charge in [-0.2, -0.15) is 0 Å². The summed E-state index contributed by atoms with van der Waals surface area (Å²) in [6.07, 6.45) is 0. The van der Waals surface area contributed by atoms with Crippen LogP contribution in [0.4, 0.5) is 5.82 Å². The monoisotopic (exact) mass is 228 g/mol. The molecule has 0 atom stereocenters. The Labute approximate surface area is 95.5 Å². The van der Waals surface area contributed by atoms with E-state index < -0.39 is 11.1 Å². The molecule has 0 unspecified atom stereocenters. The number of halogens is 1. The van der Waals surface area contributed by atoms with E-state index in [1.54, 1.807) is 19.9 Å². The lowest BCUT2D eigenvalue weighted by atomic mass is 9.86. The maximum absolute atomic E-state index is 9.95. The number of nitrogens with zero attached hydrogens (tertiary/aromatic N) is 1. The van der Waals surface area contributed by atoms with Crippen LogP contribution in [0.3, 0.4) is 0 Å². The number of pyridine rings is 1. The molecule has 0 saturated heterocycles. The zero-order chi connectivity index (χ0) is 11.7. The first-order chi connectivity index (χ1) is 6.72. The lowest BCUT2D eigenvalue weighted by Gasteiger charge is -2.38. The van der Waals surface area contributed by atoms with Crippen molar-refractivity contribution >= 4 is 17.4 Å². The SMILES string of the molecule is CC(C)(O)C(C)(C)Nc1cccc(Cl)n1. The van der Waals surface area contributed by atoms with Gasteiger partial charge >= 0.3 is 0 Å². The molecule has 0 bridgehead atoms. The molecule has 1 rings (SSSR count). The van der Waals surface area contributed by atoms with Crippen LogP contribution in [0.25, 0.3) is 0 Å². The maximum Gasteiger partial charge on any atom is 0.131 e. The third-order valence-electron chi connectivity index (χ3n) is 2.69. The van der Waals surface area contributed by atoms with Crippen molar-refractivity contribution in [2.75, 3.05) is 5.32 Å². The summed E-state index contributed by atoms with van der Waals surface area (Å²) in [7, 11) is 0. The molecule has 1 heterocycles. The molecule has 0 aliphatic carbocycles. The molecule has 0 radical (unpaired) electrons. The third kappa shape index (κ3) is 3.08. The summed E-state index contributed by atoms with van der Waals surface area (Å²) < 4.78 is 0. The van der Waals surface area contributed by atoms with Gasteiger partial charge in [0.15, 0.2) is 0 Å². The lowest BCUT2D eigenvalue weighted by Crippen LogP contribution is -2.51. The summed E-state index contributed by atoms with van der Waals surface area (Å²) in [5.74, 6) is 0.662. The molecular weight excluding hydrogens is 212 g/mol. The third-order valence-corrected chi connectivity index (χ3v) is 2.90. The Morgan fingerprint density at radius 1 is 1.27 bits per heavy atom. The van der Waals surface area contributed by atoms with Gasteiger partial charge in [0, 0.05) is 0 Å². The van der Waals surface area contributed by atoms with Gasteiger partial charge in [0.1, 0.15) is 11.0 Å². The van der Waals surface area contributed by atoms with Gasteiger partial charge in [0.25, 0.3) is 0 Å².